The smallest absolute Gasteiger partial charge is 0.253 e. The van der Waals surface area contributed by atoms with Crippen molar-refractivity contribution < 1.29 is 9.13 Å². The van der Waals surface area contributed by atoms with Gasteiger partial charge in [0, 0.05) is 44.4 Å². The first-order valence-electron chi connectivity index (χ1n) is 12.1. The Morgan fingerprint density at radius 2 is 1.83 bits per heavy atom. The van der Waals surface area contributed by atoms with Crippen molar-refractivity contribution in [3.8, 4) is 0 Å². The van der Waals surface area contributed by atoms with E-state index in [1.54, 1.807) is 23.9 Å². The third-order valence-electron chi connectivity index (χ3n) is 6.97. The number of piperazine rings is 1. The summed E-state index contributed by atoms with van der Waals surface area (Å²) in [4.78, 5) is 20.7. The molecule has 0 radical (unpaired) electrons. The van der Waals surface area contributed by atoms with Gasteiger partial charge in [-0.1, -0.05) is 12.1 Å². The number of tetrazole rings is 1. The molecule has 0 spiro atoms. The van der Waals surface area contributed by atoms with Crippen LogP contribution in [0, 0.1) is 19.7 Å². The Bertz CT molecular complexity index is 1430. The lowest BCUT2D eigenvalue weighted by Crippen LogP contribution is -2.49. The van der Waals surface area contributed by atoms with Crippen molar-refractivity contribution in [1.82, 2.24) is 30.1 Å². The van der Waals surface area contributed by atoms with Gasteiger partial charge >= 0.3 is 0 Å². The molecule has 3 heterocycles. The molecule has 4 aromatic rings. The molecular weight excluding hydrogens is 461 g/mol. The van der Waals surface area contributed by atoms with Gasteiger partial charge in [-0.05, 0) is 71.1 Å². The van der Waals surface area contributed by atoms with Crippen LogP contribution in [-0.2, 0) is 11.3 Å². The standard InChI is InChI=1S/C26H30FN7O2/c1-17-14-19-16-20(26(35)28-22(19)15-18(17)2)24(25-29-30-31-34(25)12-13-36-3)33-10-8-32(9-11-33)23-7-5-4-6-21(23)27/h4-7,14-16,24H,8-13H2,1-3H3,(H,28,35)/t24-/m0/s1. The predicted octanol–water partition coefficient (Wildman–Crippen LogP) is 2.83. The molecule has 10 heteroatoms. The summed E-state index contributed by atoms with van der Waals surface area (Å²) in [6.45, 7) is 7.45. The number of methoxy groups -OCH3 is 1. The molecule has 2 aromatic heterocycles. The molecule has 9 nitrogen and oxygen atoms in total. The predicted molar refractivity (Wildman–Crippen MR) is 136 cm³/mol. The number of rotatable bonds is 7. The van der Waals surface area contributed by atoms with Crippen LogP contribution in [0.2, 0.25) is 0 Å². The van der Waals surface area contributed by atoms with Gasteiger partial charge in [-0.15, -0.1) is 5.10 Å². The molecule has 0 amide bonds. The Morgan fingerprint density at radius 1 is 1.08 bits per heavy atom. The van der Waals surface area contributed by atoms with Gasteiger partial charge < -0.3 is 14.6 Å². The van der Waals surface area contributed by atoms with Gasteiger partial charge in [0.25, 0.3) is 5.56 Å². The number of hydrogen-bond donors (Lipinski definition) is 1. The normalized spacial score (nSPS) is 15.5. The number of benzene rings is 2. The number of para-hydroxylation sites is 1. The van der Waals surface area contributed by atoms with E-state index in [1.807, 2.05) is 30.0 Å². The van der Waals surface area contributed by atoms with Gasteiger partial charge in [0.2, 0.25) is 0 Å². The average Bonchev–Trinajstić information content (AvgIpc) is 3.33. The van der Waals surface area contributed by atoms with Crippen molar-refractivity contribution >= 4 is 16.6 Å². The molecule has 0 unspecified atom stereocenters. The number of nitrogens with zero attached hydrogens (tertiary/aromatic N) is 6. The number of aryl methyl sites for hydroxylation is 2. The van der Waals surface area contributed by atoms with Gasteiger partial charge in [0.15, 0.2) is 5.82 Å². The van der Waals surface area contributed by atoms with E-state index in [0.29, 0.717) is 56.4 Å². The van der Waals surface area contributed by atoms with Gasteiger partial charge in [-0.3, -0.25) is 9.69 Å². The minimum Gasteiger partial charge on any atom is -0.383 e. The van der Waals surface area contributed by atoms with Crippen LogP contribution < -0.4 is 10.5 Å². The van der Waals surface area contributed by atoms with Gasteiger partial charge in [-0.2, -0.15) is 0 Å². The lowest BCUT2D eigenvalue weighted by atomic mass is 10.00. The van der Waals surface area contributed by atoms with Crippen molar-refractivity contribution in [1.29, 1.82) is 0 Å². The number of H-pyrrole nitrogens is 1. The third-order valence-corrected chi connectivity index (χ3v) is 6.97. The van der Waals surface area contributed by atoms with Crippen molar-refractivity contribution in [3.05, 3.63) is 81.2 Å². The Kier molecular flexibility index (Phi) is 6.80. The highest BCUT2D eigenvalue weighted by atomic mass is 19.1. The summed E-state index contributed by atoms with van der Waals surface area (Å²) in [6.07, 6.45) is 0. The summed E-state index contributed by atoms with van der Waals surface area (Å²) in [5.74, 6) is 0.350. The highest BCUT2D eigenvalue weighted by Crippen LogP contribution is 2.30. The van der Waals surface area contributed by atoms with E-state index >= 15 is 0 Å². The SMILES string of the molecule is COCCn1nnnc1[C@H](c1cc2cc(C)c(C)cc2[nH]c1=O)N1CCN(c2ccccc2F)CC1. The second-order valence-electron chi connectivity index (χ2n) is 9.21. The van der Waals surface area contributed by atoms with Crippen molar-refractivity contribution in [2.45, 2.75) is 26.4 Å². The van der Waals surface area contributed by atoms with Crippen LogP contribution in [0.3, 0.4) is 0 Å². The summed E-state index contributed by atoms with van der Waals surface area (Å²) in [6, 6.07) is 12.4. The maximum atomic E-state index is 14.4. The van der Waals surface area contributed by atoms with Crippen LogP contribution in [-0.4, -0.2) is 70.0 Å². The van der Waals surface area contributed by atoms with E-state index in [1.165, 1.54) is 6.07 Å². The fourth-order valence-corrected chi connectivity index (χ4v) is 4.87. The number of pyridine rings is 1. The summed E-state index contributed by atoms with van der Waals surface area (Å²) < 4.78 is 21.3. The zero-order valence-corrected chi connectivity index (χ0v) is 20.7. The Morgan fingerprint density at radius 3 is 2.58 bits per heavy atom. The zero-order valence-electron chi connectivity index (χ0n) is 20.7. The summed E-state index contributed by atoms with van der Waals surface area (Å²) in [7, 11) is 1.63. The van der Waals surface area contributed by atoms with E-state index in [4.69, 9.17) is 4.74 Å². The molecule has 36 heavy (non-hydrogen) atoms. The molecule has 0 bridgehead atoms. The molecule has 1 aliphatic heterocycles. The highest BCUT2D eigenvalue weighted by molar-refractivity contribution is 5.81. The first kappa shape index (κ1) is 24.1. The number of halogens is 1. The molecule has 0 saturated carbocycles. The maximum absolute atomic E-state index is 14.4. The summed E-state index contributed by atoms with van der Waals surface area (Å²) in [5, 5.41) is 13.4. The lowest BCUT2D eigenvalue weighted by Gasteiger charge is -2.39. The van der Waals surface area contributed by atoms with Gasteiger partial charge in [0.05, 0.1) is 18.8 Å². The van der Waals surface area contributed by atoms with Gasteiger partial charge in [-0.25, -0.2) is 9.07 Å². The number of aromatic amines is 1. The topological polar surface area (TPSA) is 92.2 Å². The molecular formula is C26H30FN7O2. The summed E-state index contributed by atoms with van der Waals surface area (Å²) in [5.41, 5.74) is 4.07. The molecule has 0 aliphatic carbocycles. The van der Waals surface area contributed by atoms with Crippen LogP contribution in [0.1, 0.15) is 28.6 Å². The largest absolute Gasteiger partial charge is 0.383 e. The van der Waals surface area contributed by atoms with E-state index in [0.717, 1.165) is 22.0 Å². The summed E-state index contributed by atoms with van der Waals surface area (Å²) >= 11 is 0. The van der Waals surface area contributed by atoms with Crippen LogP contribution in [0.15, 0.2) is 47.3 Å². The molecule has 5 rings (SSSR count). The van der Waals surface area contributed by atoms with E-state index in [-0.39, 0.29) is 11.4 Å². The molecule has 1 fully saturated rings. The fraction of sp³-hybridized carbons (Fsp3) is 0.385. The number of fused-ring (bicyclic) bond motifs is 1. The first-order chi connectivity index (χ1) is 17.5. The van der Waals surface area contributed by atoms with E-state index in [9.17, 15) is 9.18 Å². The van der Waals surface area contributed by atoms with Crippen LogP contribution >= 0.6 is 0 Å². The minimum absolute atomic E-state index is 0.173. The number of aromatic nitrogens is 5. The maximum Gasteiger partial charge on any atom is 0.253 e. The van der Waals surface area contributed by atoms with Crippen molar-refractivity contribution in [3.63, 3.8) is 0 Å². The van der Waals surface area contributed by atoms with Crippen molar-refractivity contribution in [2.75, 3.05) is 44.8 Å². The van der Waals surface area contributed by atoms with Gasteiger partial charge in [0.1, 0.15) is 11.9 Å². The number of ether oxygens (including phenoxy) is 1. The molecule has 1 aliphatic rings. The molecule has 2 aromatic carbocycles. The quantitative estimate of drug-likeness (QED) is 0.425. The Labute approximate surface area is 208 Å². The Hall–Kier alpha value is -3.63. The van der Waals surface area contributed by atoms with Crippen molar-refractivity contribution in [2.24, 2.45) is 0 Å². The second kappa shape index (κ2) is 10.2. The molecule has 1 saturated heterocycles. The van der Waals surface area contributed by atoms with Crippen LogP contribution in [0.25, 0.3) is 10.9 Å². The monoisotopic (exact) mass is 491 g/mol. The lowest BCUT2D eigenvalue weighted by molar-refractivity contribution is 0.171. The molecule has 1 atom stereocenters. The fourth-order valence-electron chi connectivity index (χ4n) is 4.87. The average molecular weight is 492 g/mol. The first-order valence-corrected chi connectivity index (χ1v) is 12.1. The van der Waals surface area contributed by atoms with Crippen LogP contribution in [0.4, 0.5) is 10.1 Å². The number of hydrogen-bond acceptors (Lipinski definition) is 7. The molecule has 1 N–H and O–H groups in total. The molecule has 188 valence electrons. The third kappa shape index (κ3) is 4.61. The van der Waals surface area contributed by atoms with Crippen LogP contribution in [0.5, 0.6) is 0 Å². The zero-order chi connectivity index (χ0) is 25.2. The number of nitrogens with one attached hydrogen (secondary N) is 1. The van der Waals surface area contributed by atoms with E-state index < -0.39 is 6.04 Å². The minimum atomic E-state index is -0.464. The Balaban J connectivity index is 1.54. The highest BCUT2D eigenvalue weighted by Gasteiger charge is 2.33. The van der Waals surface area contributed by atoms with E-state index in [2.05, 4.69) is 38.4 Å². The number of anilines is 1. The second-order valence-corrected chi connectivity index (χ2v) is 9.21.